The lowest BCUT2D eigenvalue weighted by Crippen LogP contribution is -2.41. The van der Waals surface area contributed by atoms with Gasteiger partial charge in [0.15, 0.2) is 0 Å². The number of aliphatic hydroxyl groups is 1. The van der Waals surface area contributed by atoms with E-state index in [1.165, 1.54) is 16.7 Å². The van der Waals surface area contributed by atoms with Crippen LogP contribution >= 0.6 is 15.9 Å². The standard InChI is InChI=1S/C22H25BrO/c1-4-21(13-12-17-9-7-6-8-16(17)3)15-18-10-11-19(23)14-20(18)22(21,24)5-2/h5-11,14,24H,2,4,12-13,15H2,1,3H3. The van der Waals surface area contributed by atoms with Gasteiger partial charge in [0.25, 0.3) is 0 Å². The fourth-order valence-corrected chi connectivity index (χ4v) is 4.64. The maximum atomic E-state index is 11.6. The summed E-state index contributed by atoms with van der Waals surface area (Å²) in [6, 6.07) is 14.8. The lowest BCUT2D eigenvalue weighted by molar-refractivity contribution is -0.0442. The highest BCUT2D eigenvalue weighted by Gasteiger charge is 2.53. The zero-order chi connectivity index (χ0) is 17.4. The van der Waals surface area contributed by atoms with Crippen molar-refractivity contribution < 1.29 is 5.11 Å². The topological polar surface area (TPSA) is 20.2 Å². The van der Waals surface area contributed by atoms with E-state index in [2.05, 4.69) is 78.8 Å². The van der Waals surface area contributed by atoms with Crippen molar-refractivity contribution in [3.8, 4) is 0 Å². The Morgan fingerprint density at radius 1 is 1.25 bits per heavy atom. The van der Waals surface area contributed by atoms with Crippen LogP contribution in [0.1, 0.15) is 42.0 Å². The van der Waals surface area contributed by atoms with Crippen LogP contribution in [0.5, 0.6) is 0 Å². The second kappa shape index (κ2) is 6.50. The molecule has 0 radical (unpaired) electrons. The summed E-state index contributed by atoms with van der Waals surface area (Å²) < 4.78 is 1.01. The molecule has 2 unspecified atom stereocenters. The molecule has 0 saturated carbocycles. The fourth-order valence-electron chi connectivity index (χ4n) is 4.28. The molecule has 0 fully saturated rings. The summed E-state index contributed by atoms with van der Waals surface area (Å²) in [4.78, 5) is 0. The molecule has 126 valence electrons. The van der Waals surface area contributed by atoms with Crippen molar-refractivity contribution in [2.75, 3.05) is 0 Å². The summed E-state index contributed by atoms with van der Waals surface area (Å²) >= 11 is 3.55. The molecule has 0 aromatic heterocycles. The van der Waals surface area contributed by atoms with E-state index in [0.29, 0.717) is 0 Å². The fraction of sp³-hybridized carbons (Fsp3) is 0.364. The first kappa shape index (κ1) is 17.4. The normalized spacial score (nSPS) is 25.5. The first-order valence-corrected chi connectivity index (χ1v) is 9.44. The molecule has 0 heterocycles. The van der Waals surface area contributed by atoms with Gasteiger partial charge < -0.3 is 5.11 Å². The molecule has 1 aliphatic carbocycles. The highest BCUT2D eigenvalue weighted by atomic mass is 79.9. The Balaban J connectivity index is 1.97. The average molecular weight is 385 g/mol. The number of aryl methyl sites for hydroxylation is 2. The van der Waals surface area contributed by atoms with Crippen molar-refractivity contribution in [1.82, 2.24) is 0 Å². The Kier molecular flexibility index (Phi) is 4.72. The van der Waals surface area contributed by atoms with Gasteiger partial charge in [-0.05, 0) is 67.0 Å². The third-order valence-corrected chi connectivity index (χ3v) is 6.42. The van der Waals surface area contributed by atoms with Gasteiger partial charge in [-0.25, -0.2) is 0 Å². The van der Waals surface area contributed by atoms with E-state index in [0.717, 1.165) is 35.7 Å². The zero-order valence-corrected chi connectivity index (χ0v) is 16.1. The van der Waals surface area contributed by atoms with Crippen LogP contribution < -0.4 is 0 Å². The van der Waals surface area contributed by atoms with Crippen LogP contribution in [0.4, 0.5) is 0 Å². The number of benzene rings is 2. The van der Waals surface area contributed by atoms with Crippen molar-refractivity contribution in [3.63, 3.8) is 0 Å². The first-order valence-electron chi connectivity index (χ1n) is 8.65. The van der Waals surface area contributed by atoms with Crippen molar-refractivity contribution in [2.45, 2.75) is 45.1 Å². The minimum Gasteiger partial charge on any atom is -0.380 e. The predicted molar refractivity (Wildman–Crippen MR) is 104 cm³/mol. The molecule has 0 aliphatic heterocycles. The van der Waals surface area contributed by atoms with Crippen molar-refractivity contribution in [1.29, 1.82) is 0 Å². The summed E-state index contributed by atoms with van der Waals surface area (Å²) in [6.07, 6.45) is 5.51. The zero-order valence-electron chi connectivity index (χ0n) is 14.5. The van der Waals surface area contributed by atoms with Crippen LogP contribution in [-0.4, -0.2) is 5.11 Å². The third-order valence-electron chi connectivity index (χ3n) is 5.93. The molecule has 0 spiro atoms. The predicted octanol–water partition coefficient (Wildman–Crippen LogP) is 5.72. The Hall–Kier alpha value is -1.38. The molecule has 0 saturated heterocycles. The molecular formula is C22H25BrO. The van der Waals surface area contributed by atoms with Gasteiger partial charge in [0.2, 0.25) is 0 Å². The van der Waals surface area contributed by atoms with Gasteiger partial charge in [-0.1, -0.05) is 65.8 Å². The summed E-state index contributed by atoms with van der Waals surface area (Å²) in [7, 11) is 0. The number of rotatable bonds is 5. The highest BCUT2D eigenvalue weighted by Crippen LogP contribution is 2.56. The van der Waals surface area contributed by atoms with Crippen LogP contribution in [-0.2, 0) is 18.4 Å². The number of hydrogen-bond acceptors (Lipinski definition) is 1. The maximum Gasteiger partial charge on any atom is 0.114 e. The van der Waals surface area contributed by atoms with Crippen LogP contribution in [0.2, 0.25) is 0 Å². The number of fused-ring (bicyclic) bond motifs is 1. The molecule has 1 aliphatic rings. The Labute approximate surface area is 153 Å². The van der Waals surface area contributed by atoms with E-state index in [9.17, 15) is 5.11 Å². The van der Waals surface area contributed by atoms with E-state index < -0.39 is 5.60 Å². The van der Waals surface area contributed by atoms with Gasteiger partial charge in [0, 0.05) is 9.89 Å². The second-order valence-corrected chi connectivity index (χ2v) is 7.92. The first-order chi connectivity index (χ1) is 11.5. The summed E-state index contributed by atoms with van der Waals surface area (Å²) in [5, 5.41) is 11.6. The quantitative estimate of drug-likeness (QED) is 0.653. The SMILES string of the molecule is C=CC1(O)c2cc(Br)ccc2CC1(CC)CCc1ccccc1C. The van der Waals surface area contributed by atoms with Crippen LogP contribution in [0.15, 0.2) is 59.6 Å². The van der Waals surface area contributed by atoms with Crippen molar-refractivity contribution >= 4 is 15.9 Å². The van der Waals surface area contributed by atoms with E-state index >= 15 is 0 Å². The molecule has 2 aromatic rings. The second-order valence-electron chi connectivity index (χ2n) is 7.01. The number of halogens is 1. The van der Waals surface area contributed by atoms with E-state index in [1.807, 2.05) is 0 Å². The van der Waals surface area contributed by atoms with E-state index in [1.54, 1.807) is 6.08 Å². The Morgan fingerprint density at radius 2 is 2.00 bits per heavy atom. The lowest BCUT2D eigenvalue weighted by Gasteiger charge is -2.41. The minimum absolute atomic E-state index is 0.194. The molecule has 2 heteroatoms. The maximum absolute atomic E-state index is 11.6. The summed E-state index contributed by atoms with van der Waals surface area (Å²) in [5.74, 6) is 0. The molecule has 0 bridgehead atoms. The molecule has 2 atom stereocenters. The molecule has 24 heavy (non-hydrogen) atoms. The smallest absolute Gasteiger partial charge is 0.114 e. The van der Waals surface area contributed by atoms with Gasteiger partial charge in [-0.15, -0.1) is 0 Å². The van der Waals surface area contributed by atoms with Gasteiger partial charge >= 0.3 is 0 Å². The van der Waals surface area contributed by atoms with Crippen LogP contribution in [0.25, 0.3) is 0 Å². The molecule has 2 aromatic carbocycles. The van der Waals surface area contributed by atoms with Crippen LogP contribution in [0, 0.1) is 12.3 Å². The van der Waals surface area contributed by atoms with Gasteiger partial charge in [0.1, 0.15) is 5.60 Å². The monoisotopic (exact) mass is 384 g/mol. The summed E-state index contributed by atoms with van der Waals surface area (Å²) in [5.41, 5.74) is 3.78. The molecule has 3 rings (SSSR count). The van der Waals surface area contributed by atoms with Gasteiger partial charge in [-0.2, -0.15) is 0 Å². The third kappa shape index (κ3) is 2.66. The Bertz CT molecular complexity index is 766. The largest absolute Gasteiger partial charge is 0.380 e. The van der Waals surface area contributed by atoms with Crippen molar-refractivity contribution in [2.24, 2.45) is 5.41 Å². The average Bonchev–Trinajstić information content (AvgIpc) is 2.84. The molecular weight excluding hydrogens is 360 g/mol. The van der Waals surface area contributed by atoms with Crippen LogP contribution in [0.3, 0.4) is 0 Å². The summed E-state index contributed by atoms with van der Waals surface area (Å²) in [6.45, 7) is 8.34. The number of hydrogen-bond donors (Lipinski definition) is 1. The van der Waals surface area contributed by atoms with Gasteiger partial charge in [-0.3, -0.25) is 0 Å². The highest BCUT2D eigenvalue weighted by molar-refractivity contribution is 9.10. The Morgan fingerprint density at radius 3 is 2.67 bits per heavy atom. The lowest BCUT2D eigenvalue weighted by atomic mass is 9.67. The minimum atomic E-state index is -0.969. The van der Waals surface area contributed by atoms with Gasteiger partial charge in [0.05, 0.1) is 0 Å². The molecule has 1 N–H and O–H groups in total. The van der Waals surface area contributed by atoms with Crippen molar-refractivity contribution in [3.05, 3.63) is 81.8 Å². The molecule has 1 nitrogen and oxygen atoms in total. The molecule has 0 amide bonds. The van der Waals surface area contributed by atoms with E-state index in [-0.39, 0.29) is 5.41 Å². The van der Waals surface area contributed by atoms with E-state index in [4.69, 9.17) is 0 Å².